The molecule has 3 aromatic heterocycles. The van der Waals surface area contributed by atoms with Gasteiger partial charge in [0.15, 0.2) is 5.69 Å². The Labute approximate surface area is 140 Å². The molecule has 0 aliphatic heterocycles. The summed E-state index contributed by atoms with van der Waals surface area (Å²) in [5.41, 5.74) is 2.73. The number of hydrogen-bond donors (Lipinski definition) is 2. The maximum Gasteiger partial charge on any atom is 0.274 e. The van der Waals surface area contributed by atoms with Gasteiger partial charge >= 0.3 is 0 Å². The van der Waals surface area contributed by atoms with Crippen molar-refractivity contribution in [2.75, 3.05) is 0 Å². The molecule has 0 unspecified atom stereocenters. The highest BCUT2D eigenvalue weighted by molar-refractivity contribution is 7.12. The van der Waals surface area contributed by atoms with Gasteiger partial charge in [0, 0.05) is 11.6 Å². The topological polar surface area (TPSA) is 101 Å². The lowest BCUT2D eigenvalue weighted by Crippen LogP contribution is -2.24. The number of rotatable bonds is 4. The Morgan fingerprint density at radius 3 is 3.04 bits per heavy atom. The van der Waals surface area contributed by atoms with Crippen LogP contribution in [0.15, 0.2) is 35.8 Å². The van der Waals surface area contributed by atoms with Crippen molar-refractivity contribution in [1.82, 2.24) is 35.3 Å². The van der Waals surface area contributed by atoms with Crippen molar-refractivity contribution >= 4 is 28.3 Å². The highest BCUT2D eigenvalue weighted by Crippen LogP contribution is 2.14. The van der Waals surface area contributed by atoms with Crippen molar-refractivity contribution in [1.29, 1.82) is 0 Å². The van der Waals surface area contributed by atoms with Crippen LogP contribution >= 0.6 is 11.3 Å². The molecular formula is C15H13N7OS. The van der Waals surface area contributed by atoms with E-state index in [1.807, 2.05) is 29.6 Å². The number of amides is 1. The number of para-hydroxylation sites is 2. The fourth-order valence-corrected chi connectivity index (χ4v) is 3.02. The minimum absolute atomic E-state index is 0.279. The number of aromatic amines is 1. The number of nitrogens with zero attached hydrogens (tertiary/aromatic N) is 5. The predicted octanol–water partition coefficient (Wildman–Crippen LogP) is 1.84. The van der Waals surface area contributed by atoms with Crippen molar-refractivity contribution in [2.24, 2.45) is 0 Å². The lowest BCUT2D eigenvalue weighted by atomic mass is 10.3. The fraction of sp³-hybridized carbons (Fsp3) is 0.133. The van der Waals surface area contributed by atoms with Crippen molar-refractivity contribution in [3.8, 4) is 5.13 Å². The lowest BCUT2D eigenvalue weighted by molar-refractivity contribution is 0.0944. The minimum Gasteiger partial charge on any atom is -0.343 e. The maximum absolute atomic E-state index is 12.4. The molecule has 0 fully saturated rings. The second-order valence-electron chi connectivity index (χ2n) is 5.13. The molecule has 0 saturated heterocycles. The molecule has 120 valence electrons. The molecule has 0 spiro atoms. The van der Waals surface area contributed by atoms with Gasteiger partial charge in [-0.2, -0.15) is 4.68 Å². The summed E-state index contributed by atoms with van der Waals surface area (Å²) < 4.78 is 1.56. The first-order valence-electron chi connectivity index (χ1n) is 7.26. The van der Waals surface area contributed by atoms with E-state index < -0.39 is 0 Å². The molecule has 1 amide bonds. The molecule has 0 radical (unpaired) electrons. The Bertz CT molecular complexity index is 969. The van der Waals surface area contributed by atoms with E-state index in [9.17, 15) is 4.79 Å². The number of fused-ring (bicyclic) bond motifs is 1. The number of carbonyl (C=O) groups excluding carboxylic acids is 1. The van der Waals surface area contributed by atoms with E-state index in [2.05, 4.69) is 30.6 Å². The third-order valence-corrected chi connectivity index (χ3v) is 4.31. The minimum atomic E-state index is -0.296. The largest absolute Gasteiger partial charge is 0.343 e. The Morgan fingerprint density at radius 1 is 1.38 bits per heavy atom. The first-order valence-corrected chi connectivity index (χ1v) is 8.14. The number of aromatic nitrogens is 6. The van der Waals surface area contributed by atoms with Crippen molar-refractivity contribution in [2.45, 2.75) is 13.5 Å². The van der Waals surface area contributed by atoms with E-state index >= 15 is 0 Å². The number of carbonyl (C=O) groups is 1. The molecule has 0 saturated carbocycles. The van der Waals surface area contributed by atoms with Crippen LogP contribution in [0.2, 0.25) is 0 Å². The van der Waals surface area contributed by atoms with Gasteiger partial charge in [-0.3, -0.25) is 4.79 Å². The molecule has 0 aliphatic rings. The molecular weight excluding hydrogens is 326 g/mol. The number of benzene rings is 1. The molecule has 8 nitrogen and oxygen atoms in total. The fourth-order valence-electron chi connectivity index (χ4n) is 2.38. The Hall–Kier alpha value is -3.07. The second kappa shape index (κ2) is 5.85. The van der Waals surface area contributed by atoms with Gasteiger partial charge in [0.2, 0.25) is 5.13 Å². The monoisotopic (exact) mass is 339 g/mol. The van der Waals surface area contributed by atoms with Crippen LogP contribution in [0.1, 0.15) is 22.0 Å². The van der Waals surface area contributed by atoms with Crippen molar-refractivity contribution < 1.29 is 4.79 Å². The molecule has 0 atom stereocenters. The summed E-state index contributed by atoms with van der Waals surface area (Å²) in [4.78, 5) is 24.1. The van der Waals surface area contributed by atoms with E-state index in [4.69, 9.17) is 0 Å². The molecule has 0 aliphatic carbocycles. The number of hydrogen-bond acceptors (Lipinski definition) is 6. The van der Waals surface area contributed by atoms with E-state index in [0.717, 1.165) is 11.0 Å². The summed E-state index contributed by atoms with van der Waals surface area (Å²) in [6, 6.07) is 7.72. The summed E-state index contributed by atoms with van der Waals surface area (Å²) in [5, 5.41) is 13.3. The summed E-state index contributed by atoms with van der Waals surface area (Å²) >= 11 is 1.43. The SMILES string of the molecule is Cc1c(C(=O)NCc2nc3ccccc3[nH]2)nnn1-c1nccs1. The van der Waals surface area contributed by atoms with Crippen molar-refractivity contribution in [3.63, 3.8) is 0 Å². The van der Waals surface area contributed by atoms with E-state index in [0.29, 0.717) is 16.6 Å². The smallest absolute Gasteiger partial charge is 0.274 e. The zero-order valence-corrected chi connectivity index (χ0v) is 13.5. The zero-order chi connectivity index (χ0) is 16.5. The second-order valence-corrected chi connectivity index (χ2v) is 6.01. The Kier molecular flexibility index (Phi) is 3.54. The summed E-state index contributed by atoms with van der Waals surface area (Å²) in [5.74, 6) is 0.394. The standard InChI is InChI=1S/C15H13N7OS/c1-9-13(20-21-22(9)15-16-6-7-24-15)14(23)17-8-12-18-10-4-2-3-5-11(10)19-12/h2-7H,8H2,1H3,(H,17,23)(H,18,19). The number of H-pyrrole nitrogens is 1. The molecule has 4 aromatic rings. The molecule has 4 rings (SSSR count). The molecule has 24 heavy (non-hydrogen) atoms. The van der Waals surface area contributed by atoms with E-state index in [1.165, 1.54) is 11.3 Å². The van der Waals surface area contributed by atoms with Crippen molar-refractivity contribution in [3.05, 3.63) is 53.1 Å². The summed E-state index contributed by atoms with van der Waals surface area (Å²) in [6.45, 7) is 2.08. The van der Waals surface area contributed by atoms with Crippen LogP contribution in [0.5, 0.6) is 0 Å². The number of nitrogens with one attached hydrogen (secondary N) is 2. The van der Waals surface area contributed by atoms with Crippen LogP contribution in [-0.2, 0) is 6.54 Å². The van der Waals surface area contributed by atoms with Gasteiger partial charge in [0.1, 0.15) is 5.82 Å². The van der Waals surface area contributed by atoms with Crippen LogP contribution in [0.25, 0.3) is 16.2 Å². The van der Waals surface area contributed by atoms with E-state index in [1.54, 1.807) is 17.8 Å². The third-order valence-electron chi connectivity index (χ3n) is 3.56. The predicted molar refractivity (Wildman–Crippen MR) is 89.0 cm³/mol. The Balaban J connectivity index is 1.50. The van der Waals surface area contributed by atoms with Gasteiger partial charge in [0.05, 0.1) is 23.3 Å². The summed E-state index contributed by atoms with van der Waals surface area (Å²) in [6.07, 6.45) is 1.68. The van der Waals surface area contributed by atoms with Crippen LogP contribution in [0.3, 0.4) is 0 Å². The molecule has 1 aromatic carbocycles. The van der Waals surface area contributed by atoms with Gasteiger partial charge in [-0.1, -0.05) is 17.3 Å². The first-order chi connectivity index (χ1) is 11.7. The van der Waals surface area contributed by atoms with Gasteiger partial charge in [-0.25, -0.2) is 9.97 Å². The van der Waals surface area contributed by atoms with Gasteiger partial charge in [0.25, 0.3) is 5.91 Å². The Morgan fingerprint density at radius 2 is 2.25 bits per heavy atom. The quantitative estimate of drug-likeness (QED) is 0.591. The highest BCUT2D eigenvalue weighted by Gasteiger charge is 2.18. The van der Waals surface area contributed by atoms with Gasteiger partial charge in [-0.05, 0) is 19.1 Å². The molecule has 3 heterocycles. The lowest BCUT2D eigenvalue weighted by Gasteiger charge is -2.01. The maximum atomic E-state index is 12.4. The van der Waals surface area contributed by atoms with E-state index in [-0.39, 0.29) is 18.1 Å². The molecule has 0 bridgehead atoms. The van der Waals surface area contributed by atoms with Crippen LogP contribution in [-0.4, -0.2) is 35.9 Å². The van der Waals surface area contributed by atoms with Crippen LogP contribution in [0, 0.1) is 6.92 Å². The van der Waals surface area contributed by atoms with Crippen LogP contribution < -0.4 is 5.32 Å². The average molecular weight is 339 g/mol. The van der Waals surface area contributed by atoms with Crippen LogP contribution in [0.4, 0.5) is 0 Å². The van der Waals surface area contributed by atoms with Gasteiger partial charge in [-0.15, -0.1) is 16.4 Å². The van der Waals surface area contributed by atoms with Gasteiger partial charge < -0.3 is 10.3 Å². The zero-order valence-electron chi connectivity index (χ0n) is 12.7. The number of thiazole rings is 1. The number of imidazole rings is 1. The molecule has 2 N–H and O–H groups in total. The third kappa shape index (κ3) is 2.54. The summed E-state index contributed by atoms with van der Waals surface area (Å²) in [7, 11) is 0. The molecule has 9 heteroatoms. The highest BCUT2D eigenvalue weighted by atomic mass is 32.1. The normalized spacial score (nSPS) is 11.0. The first kappa shape index (κ1) is 14.5. The average Bonchev–Trinajstić information content (AvgIpc) is 3.31.